The van der Waals surface area contributed by atoms with Gasteiger partial charge in [-0.2, -0.15) is 5.10 Å². The van der Waals surface area contributed by atoms with E-state index < -0.39 is 0 Å². The predicted molar refractivity (Wildman–Crippen MR) is 116 cm³/mol. The zero-order chi connectivity index (χ0) is 21.3. The summed E-state index contributed by atoms with van der Waals surface area (Å²) in [5.41, 5.74) is 3.76. The third-order valence-electron chi connectivity index (χ3n) is 5.46. The monoisotopic (exact) mass is 402 g/mol. The molecule has 0 aliphatic heterocycles. The van der Waals surface area contributed by atoms with Gasteiger partial charge in [-0.3, -0.25) is 4.79 Å². The van der Waals surface area contributed by atoms with Crippen molar-refractivity contribution in [2.45, 2.75) is 26.4 Å². The number of aryl methyl sites for hydroxylation is 1. The SMILES string of the molecule is CCn1ncc2c(C(=O)N(C)C(C)c3ccc(F)cc3)cc(-c3ccccc3)nc21. The second-order valence-electron chi connectivity index (χ2n) is 7.26. The normalized spacial score (nSPS) is 12.1. The summed E-state index contributed by atoms with van der Waals surface area (Å²) in [6.07, 6.45) is 1.70. The molecule has 5 nitrogen and oxygen atoms in total. The summed E-state index contributed by atoms with van der Waals surface area (Å²) < 4.78 is 15.1. The minimum Gasteiger partial charge on any atom is -0.335 e. The van der Waals surface area contributed by atoms with Crippen LogP contribution in [0.3, 0.4) is 0 Å². The van der Waals surface area contributed by atoms with Crippen LogP contribution in [-0.2, 0) is 6.54 Å². The van der Waals surface area contributed by atoms with E-state index in [2.05, 4.69) is 5.10 Å². The average molecular weight is 402 g/mol. The van der Waals surface area contributed by atoms with Gasteiger partial charge in [-0.05, 0) is 37.6 Å². The highest BCUT2D eigenvalue weighted by Crippen LogP contribution is 2.28. The maximum Gasteiger partial charge on any atom is 0.254 e. The second kappa shape index (κ2) is 8.06. The molecule has 4 aromatic rings. The van der Waals surface area contributed by atoms with Crippen LogP contribution in [0.2, 0.25) is 0 Å². The molecule has 0 fully saturated rings. The van der Waals surface area contributed by atoms with Crippen molar-refractivity contribution < 1.29 is 9.18 Å². The Hall–Kier alpha value is -3.54. The first kappa shape index (κ1) is 19.8. The van der Waals surface area contributed by atoms with E-state index in [1.165, 1.54) is 12.1 Å². The number of rotatable bonds is 5. The van der Waals surface area contributed by atoms with Gasteiger partial charge in [0.1, 0.15) is 5.82 Å². The highest BCUT2D eigenvalue weighted by atomic mass is 19.1. The maximum atomic E-state index is 13.5. The van der Waals surface area contributed by atoms with Crippen LogP contribution in [0.25, 0.3) is 22.3 Å². The van der Waals surface area contributed by atoms with Gasteiger partial charge in [0.25, 0.3) is 5.91 Å². The molecule has 1 atom stereocenters. The molecule has 0 aliphatic rings. The Kier molecular flexibility index (Phi) is 5.31. The van der Waals surface area contributed by atoms with Crippen molar-refractivity contribution in [1.82, 2.24) is 19.7 Å². The van der Waals surface area contributed by atoms with E-state index in [4.69, 9.17) is 4.98 Å². The number of aromatic nitrogens is 3. The van der Waals surface area contributed by atoms with Gasteiger partial charge in [-0.25, -0.2) is 14.1 Å². The minimum atomic E-state index is -0.296. The van der Waals surface area contributed by atoms with Crippen LogP contribution in [0, 0.1) is 5.82 Å². The van der Waals surface area contributed by atoms with Crippen LogP contribution in [0.1, 0.15) is 35.8 Å². The molecular formula is C24H23FN4O. The van der Waals surface area contributed by atoms with E-state index in [9.17, 15) is 9.18 Å². The van der Waals surface area contributed by atoms with E-state index in [1.54, 1.807) is 35.0 Å². The van der Waals surface area contributed by atoms with Gasteiger partial charge in [0.15, 0.2) is 5.65 Å². The first-order valence-electron chi connectivity index (χ1n) is 9.94. The quantitative estimate of drug-likeness (QED) is 0.467. The minimum absolute atomic E-state index is 0.132. The molecule has 2 aromatic heterocycles. The molecule has 0 N–H and O–H groups in total. The average Bonchev–Trinajstić information content (AvgIpc) is 3.21. The molecule has 1 unspecified atom stereocenters. The summed E-state index contributed by atoms with van der Waals surface area (Å²) in [5.74, 6) is -0.428. The van der Waals surface area contributed by atoms with Gasteiger partial charge in [0, 0.05) is 19.2 Å². The summed E-state index contributed by atoms with van der Waals surface area (Å²) in [6.45, 7) is 4.58. The molecule has 4 rings (SSSR count). The van der Waals surface area contributed by atoms with Crippen LogP contribution in [0.15, 0.2) is 66.9 Å². The van der Waals surface area contributed by atoms with E-state index in [1.807, 2.05) is 50.2 Å². The van der Waals surface area contributed by atoms with E-state index >= 15 is 0 Å². The Labute approximate surface area is 174 Å². The Morgan fingerprint density at radius 3 is 2.50 bits per heavy atom. The van der Waals surface area contributed by atoms with Gasteiger partial charge in [0.2, 0.25) is 0 Å². The van der Waals surface area contributed by atoms with E-state index in [-0.39, 0.29) is 17.8 Å². The maximum absolute atomic E-state index is 13.5. The Morgan fingerprint density at radius 2 is 1.83 bits per heavy atom. The van der Waals surface area contributed by atoms with Crippen molar-refractivity contribution in [3.63, 3.8) is 0 Å². The Morgan fingerprint density at radius 1 is 1.13 bits per heavy atom. The van der Waals surface area contributed by atoms with Crippen molar-refractivity contribution in [1.29, 1.82) is 0 Å². The molecule has 0 radical (unpaired) electrons. The number of hydrogen-bond donors (Lipinski definition) is 0. The summed E-state index contributed by atoms with van der Waals surface area (Å²) in [5, 5.41) is 5.13. The number of carbonyl (C=O) groups excluding carboxylic acids is 1. The predicted octanol–water partition coefficient (Wildman–Crippen LogP) is 5.09. The van der Waals surface area contributed by atoms with Crippen LogP contribution >= 0.6 is 0 Å². The number of nitrogens with zero attached hydrogens (tertiary/aromatic N) is 4. The van der Waals surface area contributed by atoms with E-state index in [0.717, 1.165) is 22.2 Å². The van der Waals surface area contributed by atoms with Crippen molar-refractivity contribution in [3.05, 3.63) is 83.8 Å². The lowest BCUT2D eigenvalue weighted by atomic mass is 10.0. The summed E-state index contributed by atoms with van der Waals surface area (Å²) in [4.78, 5) is 20.0. The van der Waals surface area contributed by atoms with Crippen molar-refractivity contribution in [2.75, 3.05) is 7.05 Å². The number of halogens is 1. The van der Waals surface area contributed by atoms with Crippen LogP contribution in [0.5, 0.6) is 0 Å². The number of pyridine rings is 1. The fourth-order valence-electron chi connectivity index (χ4n) is 3.54. The van der Waals surface area contributed by atoms with Crippen molar-refractivity contribution in [3.8, 4) is 11.3 Å². The first-order valence-corrected chi connectivity index (χ1v) is 9.94. The number of amides is 1. The standard InChI is InChI=1S/C24H23FN4O/c1-4-29-23-21(15-26-29)20(14-22(27-23)18-8-6-5-7-9-18)24(30)28(3)16(2)17-10-12-19(25)13-11-17/h5-16H,4H2,1-3H3. The molecular weight excluding hydrogens is 379 g/mol. The van der Waals surface area contributed by atoms with Gasteiger partial charge >= 0.3 is 0 Å². The van der Waals surface area contributed by atoms with Gasteiger partial charge in [-0.1, -0.05) is 42.5 Å². The van der Waals surface area contributed by atoms with Gasteiger partial charge < -0.3 is 4.90 Å². The summed E-state index contributed by atoms with van der Waals surface area (Å²) in [6, 6.07) is 17.6. The first-order chi connectivity index (χ1) is 14.5. The molecule has 0 saturated heterocycles. The highest BCUT2D eigenvalue weighted by molar-refractivity contribution is 6.06. The summed E-state index contributed by atoms with van der Waals surface area (Å²) >= 11 is 0. The molecule has 0 bridgehead atoms. The van der Waals surface area contributed by atoms with Crippen LogP contribution in [-0.4, -0.2) is 32.6 Å². The molecule has 0 saturated carbocycles. The lowest BCUT2D eigenvalue weighted by Gasteiger charge is -2.26. The Balaban J connectivity index is 1.79. The molecule has 30 heavy (non-hydrogen) atoms. The molecule has 0 aliphatic carbocycles. The molecule has 0 spiro atoms. The zero-order valence-electron chi connectivity index (χ0n) is 17.2. The number of benzene rings is 2. The topological polar surface area (TPSA) is 51.0 Å². The van der Waals surface area contributed by atoms with Gasteiger partial charge in [-0.15, -0.1) is 0 Å². The Bertz CT molecular complexity index is 1190. The fraction of sp³-hybridized carbons (Fsp3) is 0.208. The third-order valence-corrected chi connectivity index (χ3v) is 5.46. The molecule has 2 aromatic carbocycles. The molecule has 2 heterocycles. The van der Waals surface area contributed by atoms with Crippen molar-refractivity contribution in [2.24, 2.45) is 0 Å². The largest absolute Gasteiger partial charge is 0.335 e. The highest BCUT2D eigenvalue weighted by Gasteiger charge is 2.23. The van der Waals surface area contributed by atoms with Crippen LogP contribution in [0.4, 0.5) is 4.39 Å². The van der Waals surface area contributed by atoms with Crippen LogP contribution < -0.4 is 0 Å². The third kappa shape index (κ3) is 3.56. The summed E-state index contributed by atoms with van der Waals surface area (Å²) in [7, 11) is 1.76. The number of fused-ring (bicyclic) bond motifs is 1. The van der Waals surface area contributed by atoms with Crippen molar-refractivity contribution >= 4 is 16.9 Å². The lowest BCUT2D eigenvalue weighted by Crippen LogP contribution is -2.30. The molecule has 6 heteroatoms. The zero-order valence-corrected chi connectivity index (χ0v) is 17.2. The number of carbonyl (C=O) groups is 1. The number of hydrogen-bond acceptors (Lipinski definition) is 3. The van der Waals surface area contributed by atoms with E-state index in [0.29, 0.717) is 17.8 Å². The smallest absolute Gasteiger partial charge is 0.254 e. The lowest BCUT2D eigenvalue weighted by molar-refractivity contribution is 0.0744. The van der Waals surface area contributed by atoms with Gasteiger partial charge in [0.05, 0.1) is 28.9 Å². The fourth-order valence-corrected chi connectivity index (χ4v) is 3.54. The molecule has 1 amide bonds. The second-order valence-corrected chi connectivity index (χ2v) is 7.26. The molecule has 152 valence electrons.